The monoisotopic (exact) mass is 450 g/mol. The van der Waals surface area contributed by atoms with Gasteiger partial charge < -0.3 is 23.9 Å². The van der Waals surface area contributed by atoms with Crippen molar-refractivity contribution in [3.05, 3.63) is 83.0 Å². The van der Waals surface area contributed by atoms with Gasteiger partial charge in [-0.1, -0.05) is 18.2 Å². The second kappa shape index (κ2) is 9.60. The Hall–Kier alpha value is -4.07. The Balaban J connectivity index is 1.49. The number of ether oxygens (including phenoxy) is 3. The zero-order valence-electron chi connectivity index (χ0n) is 18.5. The fraction of sp³-hybridized carbons (Fsp3) is 0.200. The minimum atomic E-state index is -0.313. The van der Waals surface area contributed by atoms with Crippen molar-refractivity contribution in [2.45, 2.75) is 13.0 Å². The van der Waals surface area contributed by atoms with E-state index in [-0.39, 0.29) is 24.7 Å². The van der Waals surface area contributed by atoms with E-state index in [0.29, 0.717) is 45.4 Å². The summed E-state index contributed by atoms with van der Waals surface area (Å²) in [6, 6.07) is 15.0. The van der Waals surface area contributed by atoms with Crippen LogP contribution in [0.25, 0.3) is 11.1 Å². The third-order valence-corrected chi connectivity index (χ3v) is 5.17. The first-order valence-corrected chi connectivity index (χ1v) is 10.2. The maximum atomic E-state index is 13.9. The van der Waals surface area contributed by atoms with Gasteiger partial charge in [-0.05, 0) is 47.5 Å². The number of benzene rings is 3. The van der Waals surface area contributed by atoms with Gasteiger partial charge in [-0.3, -0.25) is 4.79 Å². The molecule has 0 spiro atoms. The fourth-order valence-electron chi connectivity index (χ4n) is 3.52. The molecule has 0 radical (unpaired) electrons. The van der Waals surface area contributed by atoms with Crippen LogP contribution in [-0.2, 0) is 13.0 Å². The van der Waals surface area contributed by atoms with E-state index in [4.69, 9.17) is 18.6 Å². The van der Waals surface area contributed by atoms with E-state index >= 15 is 0 Å². The summed E-state index contributed by atoms with van der Waals surface area (Å²) < 4.78 is 35.7. The highest BCUT2D eigenvalue weighted by Crippen LogP contribution is 2.38. The standard InChI is InChI=1S/C25H23FN2O5/c1-30-21-10-15(11-22(31-2)24(21)32-3)14-27-25(29)17-8-9-19-20(12-17)33-23(28-19)13-16-6-4-5-7-18(16)26/h4-12H,13-14H2,1-3H3,(H,27,29). The summed E-state index contributed by atoms with van der Waals surface area (Å²) in [4.78, 5) is 17.1. The molecule has 7 nitrogen and oxygen atoms in total. The molecule has 33 heavy (non-hydrogen) atoms. The summed E-state index contributed by atoms with van der Waals surface area (Å²) >= 11 is 0. The van der Waals surface area contributed by atoms with Crippen molar-refractivity contribution in [2.24, 2.45) is 0 Å². The molecular weight excluding hydrogens is 427 g/mol. The topological polar surface area (TPSA) is 82.8 Å². The fourth-order valence-corrected chi connectivity index (χ4v) is 3.52. The normalized spacial score (nSPS) is 10.8. The van der Waals surface area contributed by atoms with E-state index in [0.717, 1.165) is 5.56 Å². The molecular formula is C25H23FN2O5. The number of oxazole rings is 1. The van der Waals surface area contributed by atoms with Gasteiger partial charge in [-0.25, -0.2) is 9.37 Å². The van der Waals surface area contributed by atoms with E-state index in [1.807, 2.05) is 0 Å². The zero-order chi connectivity index (χ0) is 23.4. The summed E-state index contributed by atoms with van der Waals surface area (Å²) in [5.74, 6) is 1.28. The molecule has 4 aromatic rings. The van der Waals surface area contributed by atoms with Crippen molar-refractivity contribution >= 4 is 17.0 Å². The lowest BCUT2D eigenvalue weighted by atomic mass is 10.1. The predicted octanol–water partition coefficient (Wildman–Crippen LogP) is 4.51. The number of carbonyl (C=O) groups is 1. The summed E-state index contributed by atoms with van der Waals surface area (Å²) in [5.41, 5.74) is 2.76. The molecule has 170 valence electrons. The van der Waals surface area contributed by atoms with E-state index in [1.165, 1.54) is 27.4 Å². The van der Waals surface area contributed by atoms with Crippen molar-refractivity contribution in [3.8, 4) is 17.2 Å². The average Bonchev–Trinajstić information content (AvgIpc) is 3.24. The smallest absolute Gasteiger partial charge is 0.251 e. The van der Waals surface area contributed by atoms with E-state index in [2.05, 4.69) is 10.3 Å². The quantitative estimate of drug-likeness (QED) is 0.425. The number of nitrogens with zero attached hydrogens (tertiary/aromatic N) is 1. The maximum Gasteiger partial charge on any atom is 0.251 e. The van der Waals surface area contributed by atoms with Gasteiger partial charge in [0.25, 0.3) is 5.91 Å². The Morgan fingerprint density at radius 2 is 1.73 bits per heavy atom. The van der Waals surface area contributed by atoms with Crippen LogP contribution < -0.4 is 19.5 Å². The summed E-state index contributed by atoms with van der Waals surface area (Å²) in [5, 5.41) is 2.87. The van der Waals surface area contributed by atoms with Crippen LogP contribution in [0.5, 0.6) is 17.2 Å². The van der Waals surface area contributed by atoms with Gasteiger partial charge in [0.15, 0.2) is 23.0 Å². The van der Waals surface area contributed by atoms with Crippen LogP contribution in [0.4, 0.5) is 4.39 Å². The molecule has 0 unspecified atom stereocenters. The molecule has 3 aromatic carbocycles. The van der Waals surface area contributed by atoms with Gasteiger partial charge in [-0.15, -0.1) is 0 Å². The number of aromatic nitrogens is 1. The maximum absolute atomic E-state index is 13.9. The van der Waals surface area contributed by atoms with Crippen LogP contribution in [0.2, 0.25) is 0 Å². The van der Waals surface area contributed by atoms with E-state index in [1.54, 1.807) is 48.5 Å². The van der Waals surface area contributed by atoms with E-state index in [9.17, 15) is 9.18 Å². The molecule has 1 aromatic heterocycles. The number of methoxy groups -OCH3 is 3. The van der Waals surface area contributed by atoms with Crippen molar-refractivity contribution in [1.82, 2.24) is 10.3 Å². The van der Waals surface area contributed by atoms with Gasteiger partial charge >= 0.3 is 0 Å². The first-order valence-electron chi connectivity index (χ1n) is 10.2. The lowest BCUT2D eigenvalue weighted by Crippen LogP contribution is -2.22. The van der Waals surface area contributed by atoms with Gasteiger partial charge in [0.05, 0.1) is 27.8 Å². The summed E-state index contributed by atoms with van der Waals surface area (Å²) in [6.07, 6.45) is 0.226. The van der Waals surface area contributed by atoms with Gasteiger partial charge in [0, 0.05) is 12.1 Å². The molecule has 1 amide bonds. The highest BCUT2D eigenvalue weighted by molar-refractivity contribution is 5.97. The highest BCUT2D eigenvalue weighted by atomic mass is 19.1. The Bertz CT molecular complexity index is 1280. The highest BCUT2D eigenvalue weighted by Gasteiger charge is 2.15. The lowest BCUT2D eigenvalue weighted by Gasteiger charge is -2.14. The molecule has 0 bridgehead atoms. The molecule has 1 heterocycles. The molecule has 0 atom stereocenters. The Morgan fingerprint density at radius 1 is 1.00 bits per heavy atom. The molecule has 0 fully saturated rings. The molecule has 0 saturated heterocycles. The molecule has 8 heteroatoms. The van der Waals surface area contributed by atoms with Crippen LogP contribution in [0, 0.1) is 5.82 Å². The van der Waals surface area contributed by atoms with E-state index < -0.39 is 0 Å². The number of hydrogen-bond acceptors (Lipinski definition) is 6. The molecule has 0 aliphatic heterocycles. The number of rotatable bonds is 8. The van der Waals surface area contributed by atoms with Crippen LogP contribution in [0.15, 0.2) is 59.0 Å². The predicted molar refractivity (Wildman–Crippen MR) is 120 cm³/mol. The average molecular weight is 450 g/mol. The van der Waals surface area contributed by atoms with Crippen molar-refractivity contribution in [3.63, 3.8) is 0 Å². The van der Waals surface area contributed by atoms with Gasteiger partial charge in [0.1, 0.15) is 11.3 Å². The molecule has 0 aliphatic carbocycles. The first-order chi connectivity index (χ1) is 16.0. The molecule has 0 saturated carbocycles. The number of carbonyl (C=O) groups excluding carboxylic acids is 1. The molecule has 0 aliphatic rings. The van der Waals surface area contributed by atoms with Crippen molar-refractivity contribution in [2.75, 3.05) is 21.3 Å². The van der Waals surface area contributed by atoms with Crippen molar-refractivity contribution in [1.29, 1.82) is 0 Å². The Morgan fingerprint density at radius 3 is 2.39 bits per heavy atom. The third-order valence-electron chi connectivity index (χ3n) is 5.17. The zero-order valence-corrected chi connectivity index (χ0v) is 18.5. The second-order valence-corrected chi connectivity index (χ2v) is 7.27. The van der Waals surface area contributed by atoms with Crippen molar-refractivity contribution < 1.29 is 27.8 Å². The first kappa shape index (κ1) is 22.1. The van der Waals surface area contributed by atoms with Gasteiger partial charge in [-0.2, -0.15) is 0 Å². The number of halogens is 1. The summed E-state index contributed by atoms with van der Waals surface area (Å²) in [7, 11) is 4.60. The number of hydrogen-bond donors (Lipinski definition) is 1. The molecule has 4 rings (SSSR count). The van der Waals surface area contributed by atoms with Crippen LogP contribution in [0.1, 0.15) is 27.4 Å². The second-order valence-electron chi connectivity index (χ2n) is 7.27. The SMILES string of the molecule is COc1cc(CNC(=O)c2ccc3nc(Cc4ccccc4F)oc3c2)cc(OC)c1OC. The molecule has 1 N–H and O–H groups in total. The van der Waals surface area contributed by atoms with Crippen LogP contribution >= 0.6 is 0 Å². The van der Waals surface area contributed by atoms with Crippen LogP contribution in [0.3, 0.4) is 0 Å². The summed E-state index contributed by atoms with van der Waals surface area (Å²) in [6.45, 7) is 0.253. The number of fused-ring (bicyclic) bond motifs is 1. The lowest BCUT2D eigenvalue weighted by molar-refractivity contribution is 0.0951. The number of nitrogens with one attached hydrogen (secondary N) is 1. The minimum Gasteiger partial charge on any atom is -0.493 e. The van der Waals surface area contributed by atoms with Gasteiger partial charge in [0.2, 0.25) is 5.75 Å². The van der Waals surface area contributed by atoms with Crippen LogP contribution in [-0.4, -0.2) is 32.2 Å². The Kier molecular flexibility index (Phi) is 6.44. The Labute approximate surface area is 190 Å². The largest absolute Gasteiger partial charge is 0.493 e. The third kappa shape index (κ3) is 4.74. The minimum absolute atomic E-state index is 0.226. The number of amides is 1.